The molecule has 0 N–H and O–H groups in total. The van der Waals surface area contributed by atoms with Crippen molar-refractivity contribution >= 4 is 40.3 Å². The number of rotatable bonds is 3. The third-order valence-electron chi connectivity index (χ3n) is 2.18. The summed E-state index contributed by atoms with van der Waals surface area (Å²) in [5.74, 6) is 0. The minimum Gasteiger partial charge on any atom is -0.339 e. The number of amides is 2. The highest BCUT2D eigenvalue weighted by Gasteiger charge is 2.12. The van der Waals surface area contributed by atoms with E-state index in [-0.39, 0.29) is 10.5 Å². The van der Waals surface area contributed by atoms with Gasteiger partial charge in [-0.05, 0) is 41.7 Å². The predicted molar refractivity (Wildman–Crippen MR) is 81.7 cm³/mol. The van der Waals surface area contributed by atoms with Crippen molar-refractivity contribution in [2.24, 2.45) is 0 Å². The van der Waals surface area contributed by atoms with Crippen LogP contribution in [0.3, 0.4) is 0 Å². The van der Waals surface area contributed by atoms with Gasteiger partial charge < -0.3 is 9.80 Å². The largest absolute Gasteiger partial charge is 0.339 e. The zero-order valence-electron chi connectivity index (χ0n) is 11.7. The van der Waals surface area contributed by atoms with Crippen LogP contribution >= 0.6 is 23.5 Å². The van der Waals surface area contributed by atoms with Gasteiger partial charge in [0, 0.05) is 43.5 Å². The molecular weight excluding hydrogens is 296 g/mol. The maximum atomic E-state index is 11.7. The summed E-state index contributed by atoms with van der Waals surface area (Å²) >= 11 is 2.04. The Kier molecular flexibility index (Phi) is 6.09. The smallest absolute Gasteiger partial charge is 0.285 e. The van der Waals surface area contributed by atoms with Crippen molar-refractivity contribution in [3.63, 3.8) is 0 Å². The SMILES string of the molecule is CN(C)C(=O)Sc1cc(C=O)cc(SC(=O)N(C)C)c1. The fourth-order valence-corrected chi connectivity index (χ4v) is 2.77. The monoisotopic (exact) mass is 312 g/mol. The number of nitrogens with zero attached hydrogens (tertiary/aromatic N) is 2. The molecule has 0 aliphatic rings. The van der Waals surface area contributed by atoms with Crippen molar-refractivity contribution in [1.82, 2.24) is 9.80 Å². The Morgan fingerprint density at radius 3 is 1.60 bits per heavy atom. The van der Waals surface area contributed by atoms with E-state index >= 15 is 0 Å². The van der Waals surface area contributed by atoms with Crippen molar-refractivity contribution < 1.29 is 14.4 Å². The van der Waals surface area contributed by atoms with E-state index in [0.29, 0.717) is 21.6 Å². The summed E-state index contributed by atoms with van der Waals surface area (Å²) in [5, 5.41) is -0.272. The van der Waals surface area contributed by atoms with Crippen LogP contribution in [0.25, 0.3) is 0 Å². The number of carbonyl (C=O) groups excluding carboxylic acids is 3. The van der Waals surface area contributed by atoms with E-state index < -0.39 is 0 Å². The quantitative estimate of drug-likeness (QED) is 0.634. The standard InChI is InChI=1S/C13H16N2O3S2/c1-14(2)12(17)19-10-5-9(8-16)6-11(7-10)20-13(18)15(3)4/h5-8H,1-4H3. The van der Waals surface area contributed by atoms with Crippen molar-refractivity contribution in [3.05, 3.63) is 23.8 Å². The predicted octanol–water partition coefficient (Wildman–Crippen LogP) is 3.05. The lowest BCUT2D eigenvalue weighted by Crippen LogP contribution is -2.16. The molecule has 0 aliphatic carbocycles. The van der Waals surface area contributed by atoms with Crippen molar-refractivity contribution in [2.45, 2.75) is 9.79 Å². The number of aldehydes is 1. The summed E-state index contributed by atoms with van der Waals surface area (Å²) in [6, 6.07) is 4.98. The third-order valence-corrected chi connectivity index (χ3v) is 4.20. The van der Waals surface area contributed by atoms with Gasteiger partial charge in [0.1, 0.15) is 6.29 Å². The van der Waals surface area contributed by atoms with Gasteiger partial charge in [-0.1, -0.05) is 0 Å². The van der Waals surface area contributed by atoms with Gasteiger partial charge in [-0.25, -0.2) is 0 Å². The average Bonchev–Trinajstić information content (AvgIpc) is 2.37. The zero-order valence-corrected chi connectivity index (χ0v) is 13.4. The minimum absolute atomic E-state index is 0.136. The first kappa shape index (κ1) is 16.6. The highest BCUT2D eigenvalue weighted by molar-refractivity contribution is 8.14. The molecule has 1 aromatic rings. The molecule has 0 heterocycles. The Balaban J connectivity index is 2.99. The van der Waals surface area contributed by atoms with Crippen LogP contribution in [0.4, 0.5) is 9.59 Å². The van der Waals surface area contributed by atoms with Crippen LogP contribution in [0, 0.1) is 0 Å². The van der Waals surface area contributed by atoms with Gasteiger partial charge in [-0.2, -0.15) is 0 Å². The second-order valence-electron chi connectivity index (χ2n) is 4.38. The van der Waals surface area contributed by atoms with E-state index in [9.17, 15) is 14.4 Å². The van der Waals surface area contributed by atoms with Gasteiger partial charge in [0.2, 0.25) is 0 Å². The summed E-state index contributed by atoms with van der Waals surface area (Å²) in [5.41, 5.74) is 0.440. The number of thioether (sulfide) groups is 2. The molecule has 0 aliphatic heterocycles. The third kappa shape index (κ3) is 4.90. The fourth-order valence-electron chi connectivity index (χ4n) is 1.16. The van der Waals surface area contributed by atoms with Crippen LogP contribution in [0.1, 0.15) is 10.4 Å². The molecule has 108 valence electrons. The van der Waals surface area contributed by atoms with Gasteiger partial charge >= 0.3 is 0 Å². The van der Waals surface area contributed by atoms with Gasteiger partial charge in [0.15, 0.2) is 0 Å². The van der Waals surface area contributed by atoms with Crippen LogP contribution in [0.2, 0.25) is 0 Å². The van der Waals surface area contributed by atoms with Crippen molar-refractivity contribution in [1.29, 1.82) is 0 Å². The molecule has 0 bridgehead atoms. The zero-order chi connectivity index (χ0) is 15.3. The van der Waals surface area contributed by atoms with Gasteiger partial charge in [0.05, 0.1) is 0 Å². The number of carbonyl (C=O) groups is 3. The molecule has 0 saturated heterocycles. The van der Waals surface area contributed by atoms with Crippen LogP contribution in [-0.2, 0) is 0 Å². The minimum atomic E-state index is -0.136. The van der Waals surface area contributed by atoms with Crippen molar-refractivity contribution in [2.75, 3.05) is 28.2 Å². The first-order valence-electron chi connectivity index (χ1n) is 5.72. The molecule has 20 heavy (non-hydrogen) atoms. The lowest BCUT2D eigenvalue weighted by Gasteiger charge is -2.12. The topological polar surface area (TPSA) is 57.7 Å². The Morgan fingerprint density at radius 2 is 1.30 bits per heavy atom. The van der Waals surface area contributed by atoms with Gasteiger partial charge in [-0.3, -0.25) is 14.4 Å². The van der Waals surface area contributed by atoms with E-state index in [1.807, 2.05) is 0 Å². The fraction of sp³-hybridized carbons (Fsp3) is 0.308. The van der Waals surface area contributed by atoms with E-state index in [2.05, 4.69) is 0 Å². The van der Waals surface area contributed by atoms with Crippen LogP contribution in [0.5, 0.6) is 0 Å². The first-order valence-corrected chi connectivity index (χ1v) is 7.35. The molecule has 0 unspecified atom stereocenters. The molecule has 0 radical (unpaired) electrons. The molecule has 2 amide bonds. The normalized spacial score (nSPS) is 10.0. The number of hydrogen-bond donors (Lipinski definition) is 0. The lowest BCUT2D eigenvalue weighted by molar-refractivity contribution is 0.112. The average molecular weight is 312 g/mol. The molecular formula is C13H16N2O3S2. The molecule has 5 nitrogen and oxygen atoms in total. The van der Waals surface area contributed by atoms with E-state index in [1.54, 1.807) is 46.4 Å². The Labute approximate surface area is 126 Å². The molecule has 7 heteroatoms. The second kappa shape index (κ2) is 7.35. The van der Waals surface area contributed by atoms with E-state index in [1.165, 1.54) is 9.80 Å². The molecule has 0 aromatic heterocycles. The van der Waals surface area contributed by atoms with Gasteiger partial charge in [-0.15, -0.1) is 0 Å². The number of hydrogen-bond acceptors (Lipinski definition) is 5. The Bertz CT molecular complexity index is 490. The summed E-state index contributed by atoms with van der Waals surface area (Å²) in [7, 11) is 6.63. The highest BCUT2D eigenvalue weighted by Crippen LogP contribution is 2.29. The molecule has 1 aromatic carbocycles. The van der Waals surface area contributed by atoms with Crippen LogP contribution < -0.4 is 0 Å². The maximum absolute atomic E-state index is 11.7. The first-order chi connectivity index (χ1) is 9.33. The number of benzene rings is 1. The summed E-state index contributed by atoms with van der Waals surface area (Å²) < 4.78 is 0. The summed E-state index contributed by atoms with van der Waals surface area (Å²) in [6.07, 6.45) is 0.703. The molecule has 0 saturated carbocycles. The molecule has 0 fully saturated rings. The maximum Gasteiger partial charge on any atom is 0.285 e. The highest BCUT2D eigenvalue weighted by atomic mass is 32.2. The van der Waals surface area contributed by atoms with E-state index in [0.717, 1.165) is 23.5 Å². The summed E-state index contributed by atoms with van der Waals surface area (Å²) in [6.45, 7) is 0. The van der Waals surface area contributed by atoms with Crippen molar-refractivity contribution in [3.8, 4) is 0 Å². The second-order valence-corrected chi connectivity index (χ2v) is 6.43. The lowest BCUT2D eigenvalue weighted by atomic mass is 10.2. The molecule has 1 rings (SSSR count). The molecule has 0 atom stereocenters. The summed E-state index contributed by atoms with van der Waals surface area (Å²) in [4.78, 5) is 38.5. The Hall–Kier alpha value is -1.47. The van der Waals surface area contributed by atoms with E-state index in [4.69, 9.17) is 0 Å². The van der Waals surface area contributed by atoms with Crippen LogP contribution in [-0.4, -0.2) is 54.8 Å². The molecule has 0 spiro atoms. The van der Waals surface area contributed by atoms with Gasteiger partial charge in [0.25, 0.3) is 10.5 Å². The van der Waals surface area contributed by atoms with Crippen LogP contribution in [0.15, 0.2) is 28.0 Å². The Morgan fingerprint density at radius 1 is 0.900 bits per heavy atom.